The number of hydrogen-bond donors (Lipinski definition) is 2. The van der Waals surface area contributed by atoms with E-state index in [4.69, 9.17) is 0 Å². The van der Waals surface area contributed by atoms with Crippen molar-refractivity contribution in [3.05, 3.63) is 28.2 Å². The second-order valence-corrected chi connectivity index (χ2v) is 6.43. The average Bonchev–Trinajstić information content (AvgIpc) is 2.40. The first kappa shape index (κ1) is 15.3. The Hall–Kier alpha value is -1.07. The maximum atomic E-state index is 11.4. The van der Waals surface area contributed by atoms with E-state index in [1.165, 1.54) is 5.56 Å². The summed E-state index contributed by atoms with van der Waals surface area (Å²) >= 11 is 3.63. The Bertz CT molecular complexity index is 476. The molecule has 1 aliphatic rings. The fourth-order valence-corrected chi connectivity index (χ4v) is 2.74. The van der Waals surface area contributed by atoms with Crippen molar-refractivity contribution in [2.45, 2.75) is 20.4 Å². The van der Waals surface area contributed by atoms with Crippen LogP contribution < -0.4 is 15.5 Å². The quantitative estimate of drug-likeness (QED) is 0.863. The number of halogens is 1. The number of anilines is 1. The molecule has 0 saturated carbocycles. The van der Waals surface area contributed by atoms with Crippen LogP contribution in [0.25, 0.3) is 0 Å². The van der Waals surface area contributed by atoms with Gasteiger partial charge >= 0.3 is 0 Å². The third kappa shape index (κ3) is 4.21. The fourth-order valence-electron chi connectivity index (χ4n) is 2.23. The lowest BCUT2D eigenvalue weighted by Gasteiger charge is -2.29. The minimum atomic E-state index is 0.0926. The lowest BCUT2D eigenvalue weighted by atomic mass is 10.1. The lowest BCUT2D eigenvalue weighted by Crippen LogP contribution is -2.47. The Morgan fingerprint density at radius 2 is 2.25 bits per heavy atom. The number of benzene rings is 1. The van der Waals surface area contributed by atoms with E-state index in [1.54, 1.807) is 0 Å². The van der Waals surface area contributed by atoms with Gasteiger partial charge in [0.2, 0.25) is 5.91 Å². The van der Waals surface area contributed by atoms with Crippen LogP contribution in [0.1, 0.15) is 19.4 Å². The van der Waals surface area contributed by atoms with Gasteiger partial charge in [-0.2, -0.15) is 0 Å². The molecule has 0 unspecified atom stereocenters. The van der Waals surface area contributed by atoms with Gasteiger partial charge in [-0.1, -0.05) is 35.8 Å². The van der Waals surface area contributed by atoms with Crippen molar-refractivity contribution >= 4 is 27.5 Å². The van der Waals surface area contributed by atoms with Gasteiger partial charge < -0.3 is 15.5 Å². The Balaban J connectivity index is 1.99. The standard InChI is InChI=1S/C15H22BrN3O/c1-11(2)8-17-9-12-3-4-13(7-14(12)16)19-6-5-18-15(20)10-19/h3-4,7,11,17H,5-6,8-10H2,1-2H3,(H,18,20). The maximum Gasteiger partial charge on any atom is 0.239 e. The molecule has 4 nitrogen and oxygen atoms in total. The van der Waals surface area contributed by atoms with Crippen molar-refractivity contribution in [1.29, 1.82) is 0 Å². The van der Waals surface area contributed by atoms with Gasteiger partial charge in [-0.05, 0) is 30.2 Å². The van der Waals surface area contributed by atoms with Gasteiger partial charge in [0, 0.05) is 29.8 Å². The Kier molecular flexibility index (Phi) is 5.43. The topological polar surface area (TPSA) is 44.4 Å². The smallest absolute Gasteiger partial charge is 0.239 e. The van der Waals surface area contributed by atoms with Gasteiger partial charge in [0.15, 0.2) is 0 Å². The summed E-state index contributed by atoms with van der Waals surface area (Å²) in [5, 5.41) is 6.28. The molecule has 1 aliphatic heterocycles. The predicted molar refractivity (Wildman–Crippen MR) is 85.9 cm³/mol. The molecule has 0 atom stereocenters. The molecule has 0 bridgehead atoms. The van der Waals surface area contributed by atoms with Crippen LogP contribution in [0.4, 0.5) is 5.69 Å². The fraction of sp³-hybridized carbons (Fsp3) is 0.533. The van der Waals surface area contributed by atoms with E-state index < -0.39 is 0 Å². The molecule has 1 heterocycles. The van der Waals surface area contributed by atoms with E-state index >= 15 is 0 Å². The first-order valence-electron chi connectivity index (χ1n) is 7.07. The van der Waals surface area contributed by atoms with Crippen LogP contribution >= 0.6 is 15.9 Å². The molecule has 5 heteroatoms. The summed E-state index contributed by atoms with van der Waals surface area (Å²) in [6.07, 6.45) is 0. The minimum Gasteiger partial charge on any atom is -0.360 e. The van der Waals surface area contributed by atoms with Crippen LogP contribution in [-0.2, 0) is 11.3 Å². The number of rotatable bonds is 5. The summed E-state index contributed by atoms with van der Waals surface area (Å²) in [5.41, 5.74) is 2.34. The molecule has 1 saturated heterocycles. The monoisotopic (exact) mass is 339 g/mol. The molecule has 2 rings (SSSR count). The van der Waals surface area contributed by atoms with Crippen molar-refractivity contribution in [3.8, 4) is 0 Å². The highest BCUT2D eigenvalue weighted by Gasteiger charge is 2.17. The van der Waals surface area contributed by atoms with E-state index in [-0.39, 0.29) is 5.91 Å². The molecule has 1 aromatic carbocycles. The number of nitrogens with zero attached hydrogens (tertiary/aromatic N) is 1. The molecular weight excluding hydrogens is 318 g/mol. The van der Waals surface area contributed by atoms with E-state index in [2.05, 4.69) is 63.5 Å². The molecule has 1 amide bonds. The SMILES string of the molecule is CC(C)CNCc1ccc(N2CCNC(=O)C2)cc1Br. The zero-order valence-electron chi connectivity index (χ0n) is 12.1. The van der Waals surface area contributed by atoms with Crippen molar-refractivity contribution < 1.29 is 4.79 Å². The van der Waals surface area contributed by atoms with E-state index in [1.807, 2.05) is 0 Å². The first-order chi connectivity index (χ1) is 9.56. The summed E-state index contributed by atoms with van der Waals surface area (Å²) in [6, 6.07) is 6.32. The van der Waals surface area contributed by atoms with Gasteiger partial charge in [0.25, 0.3) is 0 Å². The molecule has 20 heavy (non-hydrogen) atoms. The van der Waals surface area contributed by atoms with Gasteiger partial charge in [-0.15, -0.1) is 0 Å². The molecule has 0 spiro atoms. The van der Waals surface area contributed by atoms with Crippen LogP contribution in [0, 0.1) is 5.92 Å². The largest absolute Gasteiger partial charge is 0.360 e. The number of hydrogen-bond acceptors (Lipinski definition) is 3. The molecule has 2 N–H and O–H groups in total. The van der Waals surface area contributed by atoms with Crippen LogP contribution in [0.15, 0.2) is 22.7 Å². The van der Waals surface area contributed by atoms with Crippen molar-refractivity contribution in [1.82, 2.24) is 10.6 Å². The van der Waals surface area contributed by atoms with Gasteiger partial charge in [0.05, 0.1) is 6.54 Å². The molecule has 0 aliphatic carbocycles. The Morgan fingerprint density at radius 1 is 1.45 bits per heavy atom. The van der Waals surface area contributed by atoms with Crippen LogP contribution in [0.5, 0.6) is 0 Å². The molecular formula is C15H22BrN3O. The van der Waals surface area contributed by atoms with Crippen molar-refractivity contribution in [2.24, 2.45) is 5.92 Å². The summed E-state index contributed by atoms with van der Waals surface area (Å²) in [5.74, 6) is 0.745. The molecule has 1 aromatic rings. The zero-order valence-corrected chi connectivity index (χ0v) is 13.7. The van der Waals surface area contributed by atoms with Crippen LogP contribution in [0.3, 0.4) is 0 Å². The first-order valence-corrected chi connectivity index (χ1v) is 7.86. The van der Waals surface area contributed by atoms with Crippen LogP contribution in [0.2, 0.25) is 0 Å². The summed E-state index contributed by atoms with van der Waals surface area (Å²) in [4.78, 5) is 13.5. The van der Waals surface area contributed by atoms with E-state index in [9.17, 15) is 4.79 Å². The minimum absolute atomic E-state index is 0.0926. The zero-order chi connectivity index (χ0) is 14.5. The maximum absolute atomic E-state index is 11.4. The third-order valence-corrected chi connectivity index (χ3v) is 4.05. The number of carbonyl (C=O) groups is 1. The second-order valence-electron chi connectivity index (χ2n) is 5.57. The molecule has 0 radical (unpaired) electrons. The van der Waals surface area contributed by atoms with Crippen molar-refractivity contribution in [3.63, 3.8) is 0 Å². The number of piperazine rings is 1. The Labute approximate surface area is 129 Å². The van der Waals surface area contributed by atoms with Gasteiger partial charge in [-0.3, -0.25) is 4.79 Å². The normalized spacial score (nSPS) is 15.6. The van der Waals surface area contributed by atoms with Crippen LogP contribution in [-0.4, -0.2) is 32.1 Å². The molecule has 1 fully saturated rings. The highest BCUT2D eigenvalue weighted by molar-refractivity contribution is 9.10. The summed E-state index contributed by atoms with van der Waals surface area (Å²) in [7, 11) is 0. The number of amides is 1. The van der Waals surface area contributed by atoms with E-state index in [0.29, 0.717) is 19.0 Å². The van der Waals surface area contributed by atoms with Gasteiger partial charge in [-0.25, -0.2) is 0 Å². The van der Waals surface area contributed by atoms with E-state index in [0.717, 1.165) is 29.8 Å². The molecule has 0 aromatic heterocycles. The third-order valence-electron chi connectivity index (χ3n) is 3.31. The number of nitrogens with one attached hydrogen (secondary N) is 2. The highest BCUT2D eigenvalue weighted by Crippen LogP contribution is 2.24. The van der Waals surface area contributed by atoms with Crippen molar-refractivity contribution in [2.75, 3.05) is 31.1 Å². The predicted octanol–water partition coefficient (Wildman–Crippen LogP) is 2.13. The summed E-state index contributed by atoms with van der Waals surface area (Å²) < 4.78 is 1.09. The second kappa shape index (κ2) is 7.09. The highest BCUT2D eigenvalue weighted by atomic mass is 79.9. The average molecular weight is 340 g/mol. The summed E-state index contributed by atoms with van der Waals surface area (Å²) in [6.45, 7) is 8.30. The van der Waals surface area contributed by atoms with Gasteiger partial charge in [0.1, 0.15) is 0 Å². The molecule has 110 valence electrons. The Morgan fingerprint density at radius 3 is 2.90 bits per heavy atom. The number of carbonyl (C=O) groups excluding carboxylic acids is 1. The lowest BCUT2D eigenvalue weighted by molar-refractivity contribution is -0.120.